The summed E-state index contributed by atoms with van der Waals surface area (Å²) < 4.78 is 0. The van der Waals surface area contributed by atoms with Crippen molar-refractivity contribution < 1.29 is 5.11 Å². The van der Waals surface area contributed by atoms with Crippen LogP contribution in [0.1, 0.15) is 58.8 Å². The van der Waals surface area contributed by atoms with Gasteiger partial charge in [0.05, 0.1) is 6.61 Å². The van der Waals surface area contributed by atoms with Crippen LogP contribution < -0.4 is 5.32 Å². The first-order chi connectivity index (χ1) is 8.63. The Morgan fingerprint density at radius 1 is 1.33 bits per heavy atom. The standard InChI is InChI=1S/C16H29NO/c1-13-8-14(2)10-15(9-13)11-17-16(12-18)6-4-3-5-7-16/h8,13,15,17-18H,3-7,9-12H2,1-2H3. The predicted molar refractivity (Wildman–Crippen MR) is 76.5 cm³/mol. The molecule has 1 fully saturated rings. The van der Waals surface area contributed by atoms with E-state index in [0.29, 0.717) is 6.61 Å². The summed E-state index contributed by atoms with van der Waals surface area (Å²) in [6.45, 7) is 5.96. The van der Waals surface area contributed by atoms with Crippen molar-refractivity contribution in [2.45, 2.75) is 64.3 Å². The lowest BCUT2D eigenvalue weighted by molar-refractivity contribution is 0.114. The molecule has 0 bridgehead atoms. The fraction of sp³-hybridized carbons (Fsp3) is 0.875. The van der Waals surface area contributed by atoms with E-state index in [1.54, 1.807) is 5.57 Å². The maximum atomic E-state index is 9.70. The Kier molecular flexibility index (Phi) is 4.85. The van der Waals surface area contributed by atoms with Crippen molar-refractivity contribution in [2.75, 3.05) is 13.2 Å². The maximum absolute atomic E-state index is 9.70. The van der Waals surface area contributed by atoms with E-state index in [1.807, 2.05) is 0 Å². The van der Waals surface area contributed by atoms with Crippen molar-refractivity contribution in [1.82, 2.24) is 5.32 Å². The van der Waals surface area contributed by atoms with Crippen molar-refractivity contribution in [3.05, 3.63) is 11.6 Å². The summed E-state index contributed by atoms with van der Waals surface area (Å²) in [5.41, 5.74) is 1.58. The summed E-state index contributed by atoms with van der Waals surface area (Å²) >= 11 is 0. The number of aliphatic hydroxyl groups excluding tert-OH is 1. The fourth-order valence-corrected chi connectivity index (χ4v) is 3.82. The Morgan fingerprint density at radius 2 is 2.06 bits per heavy atom. The molecule has 0 spiro atoms. The molecule has 0 aromatic rings. The lowest BCUT2D eigenvalue weighted by Gasteiger charge is -2.38. The molecular weight excluding hydrogens is 222 g/mol. The van der Waals surface area contributed by atoms with Crippen molar-refractivity contribution in [1.29, 1.82) is 0 Å². The lowest BCUT2D eigenvalue weighted by Crippen LogP contribution is -2.51. The van der Waals surface area contributed by atoms with E-state index < -0.39 is 0 Å². The second kappa shape index (κ2) is 6.21. The predicted octanol–water partition coefficient (Wildman–Crippen LogP) is 3.26. The van der Waals surface area contributed by atoms with Gasteiger partial charge in [0.15, 0.2) is 0 Å². The van der Waals surface area contributed by atoms with E-state index in [-0.39, 0.29) is 5.54 Å². The molecule has 2 unspecified atom stereocenters. The van der Waals surface area contributed by atoms with E-state index in [2.05, 4.69) is 25.2 Å². The van der Waals surface area contributed by atoms with Gasteiger partial charge in [0.1, 0.15) is 0 Å². The summed E-state index contributed by atoms with van der Waals surface area (Å²) in [6.07, 6.45) is 11.1. The largest absolute Gasteiger partial charge is 0.394 e. The maximum Gasteiger partial charge on any atom is 0.0613 e. The minimum atomic E-state index is 0.0382. The molecule has 2 heteroatoms. The summed E-state index contributed by atoms with van der Waals surface area (Å²) in [5, 5.41) is 13.4. The molecule has 0 radical (unpaired) electrons. The van der Waals surface area contributed by atoms with E-state index in [0.717, 1.165) is 31.2 Å². The summed E-state index contributed by atoms with van der Waals surface area (Å²) in [6, 6.07) is 0. The fourth-order valence-electron chi connectivity index (χ4n) is 3.82. The third kappa shape index (κ3) is 3.58. The number of aliphatic hydroxyl groups is 1. The van der Waals surface area contributed by atoms with Gasteiger partial charge in [-0.3, -0.25) is 0 Å². The molecule has 1 saturated carbocycles. The molecule has 0 aromatic heterocycles. The molecule has 2 aliphatic rings. The Balaban J connectivity index is 1.84. The molecule has 104 valence electrons. The highest BCUT2D eigenvalue weighted by atomic mass is 16.3. The molecule has 2 rings (SSSR count). The van der Waals surface area contributed by atoms with Crippen LogP contribution in [0, 0.1) is 11.8 Å². The van der Waals surface area contributed by atoms with Crippen molar-refractivity contribution in [3.8, 4) is 0 Å². The second-order valence-electron chi connectivity index (χ2n) is 6.68. The van der Waals surface area contributed by atoms with Gasteiger partial charge in [-0.2, -0.15) is 0 Å². The number of rotatable bonds is 4. The van der Waals surface area contributed by atoms with Gasteiger partial charge >= 0.3 is 0 Å². The average molecular weight is 251 g/mol. The molecule has 18 heavy (non-hydrogen) atoms. The van der Waals surface area contributed by atoms with Gasteiger partial charge in [-0.05, 0) is 51.0 Å². The third-order valence-electron chi connectivity index (χ3n) is 4.76. The van der Waals surface area contributed by atoms with Crippen LogP contribution in [0.2, 0.25) is 0 Å². The zero-order valence-corrected chi connectivity index (χ0v) is 12.0. The summed E-state index contributed by atoms with van der Waals surface area (Å²) in [5.74, 6) is 1.48. The Labute approximate surface area is 112 Å². The molecule has 2 N–H and O–H groups in total. The highest BCUT2D eigenvalue weighted by molar-refractivity contribution is 5.06. The summed E-state index contributed by atoms with van der Waals surface area (Å²) in [7, 11) is 0. The highest BCUT2D eigenvalue weighted by Crippen LogP contribution is 2.31. The molecule has 0 aliphatic heterocycles. The molecule has 2 aliphatic carbocycles. The second-order valence-corrected chi connectivity index (χ2v) is 6.68. The van der Waals surface area contributed by atoms with Gasteiger partial charge in [0.25, 0.3) is 0 Å². The van der Waals surface area contributed by atoms with E-state index in [9.17, 15) is 5.11 Å². The van der Waals surface area contributed by atoms with Crippen molar-refractivity contribution in [3.63, 3.8) is 0 Å². The van der Waals surface area contributed by atoms with Crippen molar-refractivity contribution >= 4 is 0 Å². The first-order valence-corrected chi connectivity index (χ1v) is 7.67. The quantitative estimate of drug-likeness (QED) is 0.752. The molecule has 2 nitrogen and oxygen atoms in total. The number of nitrogens with one attached hydrogen (secondary N) is 1. The molecule has 0 saturated heterocycles. The van der Waals surface area contributed by atoms with Crippen LogP contribution in [0.4, 0.5) is 0 Å². The zero-order valence-electron chi connectivity index (χ0n) is 12.0. The Hall–Kier alpha value is -0.340. The monoisotopic (exact) mass is 251 g/mol. The van der Waals surface area contributed by atoms with Crippen LogP contribution >= 0.6 is 0 Å². The zero-order chi connectivity index (χ0) is 13.0. The topological polar surface area (TPSA) is 32.3 Å². The minimum absolute atomic E-state index is 0.0382. The Bertz CT molecular complexity index is 291. The van der Waals surface area contributed by atoms with Gasteiger partial charge < -0.3 is 10.4 Å². The third-order valence-corrected chi connectivity index (χ3v) is 4.76. The van der Waals surface area contributed by atoms with Crippen LogP contribution in [0.15, 0.2) is 11.6 Å². The Morgan fingerprint density at radius 3 is 2.67 bits per heavy atom. The molecule has 0 heterocycles. The normalized spacial score (nSPS) is 32.1. The van der Waals surface area contributed by atoms with E-state index in [4.69, 9.17) is 0 Å². The van der Waals surface area contributed by atoms with Crippen LogP contribution in [-0.2, 0) is 0 Å². The number of hydrogen-bond acceptors (Lipinski definition) is 2. The SMILES string of the molecule is CC1=CC(C)CC(CNC2(CO)CCCCC2)C1. The van der Waals surface area contributed by atoms with E-state index >= 15 is 0 Å². The molecule has 0 amide bonds. The molecule has 2 atom stereocenters. The smallest absolute Gasteiger partial charge is 0.0613 e. The first-order valence-electron chi connectivity index (χ1n) is 7.67. The van der Waals surface area contributed by atoms with Gasteiger partial charge in [-0.25, -0.2) is 0 Å². The number of allylic oxidation sites excluding steroid dienone is 2. The summed E-state index contributed by atoms with van der Waals surface area (Å²) in [4.78, 5) is 0. The lowest BCUT2D eigenvalue weighted by atomic mass is 9.80. The van der Waals surface area contributed by atoms with Crippen molar-refractivity contribution in [2.24, 2.45) is 11.8 Å². The first kappa shape index (κ1) is 14.1. The van der Waals surface area contributed by atoms with Gasteiger partial charge in [0, 0.05) is 5.54 Å². The van der Waals surface area contributed by atoms with Gasteiger partial charge in [-0.15, -0.1) is 0 Å². The van der Waals surface area contributed by atoms with E-state index in [1.165, 1.54) is 32.1 Å². The van der Waals surface area contributed by atoms with Gasteiger partial charge in [0.2, 0.25) is 0 Å². The molecular formula is C16H29NO. The number of hydrogen-bond donors (Lipinski definition) is 2. The minimum Gasteiger partial charge on any atom is -0.394 e. The molecule has 0 aromatic carbocycles. The van der Waals surface area contributed by atoms with Crippen LogP contribution in [0.3, 0.4) is 0 Å². The average Bonchev–Trinajstić information content (AvgIpc) is 2.36. The van der Waals surface area contributed by atoms with Crippen LogP contribution in [0.25, 0.3) is 0 Å². The van der Waals surface area contributed by atoms with Crippen LogP contribution in [0.5, 0.6) is 0 Å². The van der Waals surface area contributed by atoms with Gasteiger partial charge in [-0.1, -0.05) is 37.8 Å². The van der Waals surface area contributed by atoms with Crippen LogP contribution in [-0.4, -0.2) is 23.8 Å². The highest BCUT2D eigenvalue weighted by Gasteiger charge is 2.31.